The van der Waals surface area contributed by atoms with E-state index in [9.17, 15) is 34.0 Å². The number of phenolic OH excluding ortho intramolecular Hbond substituents is 1. The second-order valence-corrected chi connectivity index (χ2v) is 15.0. The zero-order chi connectivity index (χ0) is 38.2. The first-order valence-corrected chi connectivity index (χ1v) is 18.1. The predicted molar refractivity (Wildman–Crippen MR) is 197 cm³/mol. The topological polar surface area (TPSA) is 159 Å². The molecular formula is C39H29BrClFN4O8. The van der Waals surface area contributed by atoms with Crippen LogP contribution in [0.25, 0.3) is 0 Å². The number of benzene rings is 4. The lowest BCUT2D eigenvalue weighted by molar-refractivity contribution is -0.384. The first-order chi connectivity index (χ1) is 25.9. The number of imide groups is 2. The van der Waals surface area contributed by atoms with Crippen LogP contribution in [0.15, 0.2) is 101 Å². The van der Waals surface area contributed by atoms with Gasteiger partial charge in [0, 0.05) is 23.1 Å². The summed E-state index contributed by atoms with van der Waals surface area (Å²) >= 11 is 9.77. The molecule has 0 bridgehead atoms. The average Bonchev–Trinajstić information content (AvgIpc) is 3.54. The van der Waals surface area contributed by atoms with Crippen LogP contribution in [-0.4, -0.2) is 45.8 Å². The number of non-ortho nitro benzene ring substituents is 1. The van der Waals surface area contributed by atoms with E-state index in [0.29, 0.717) is 21.7 Å². The molecule has 8 rings (SSSR count). The van der Waals surface area contributed by atoms with Crippen LogP contribution in [0.1, 0.15) is 29.9 Å². The molecule has 4 amide bonds. The number of nitrogens with zero attached hydrogens (tertiary/aromatic N) is 3. The molecule has 4 aromatic carbocycles. The summed E-state index contributed by atoms with van der Waals surface area (Å²) in [5, 5.41) is 23.8. The first-order valence-electron chi connectivity index (χ1n) is 16.9. The van der Waals surface area contributed by atoms with Crippen LogP contribution in [0.3, 0.4) is 0 Å². The zero-order valence-electron chi connectivity index (χ0n) is 28.2. The molecule has 3 fully saturated rings. The lowest BCUT2D eigenvalue weighted by Crippen LogP contribution is -2.53. The van der Waals surface area contributed by atoms with Gasteiger partial charge in [-0.15, -0.1) is 0 Å². The van der Waals surface area contributed by atoms with Crippen molar-refractivity contribution >= 4 is 68.2 Å². The van der Waals surface area contributed by atoms with E-state index in [-0.39, 0.29) is 45.9 Å². The summed E-state index contributed by atoms with van der Waals surface area (Å²) < 4.78 is 19.7. The van der Waals surface area contributed by atoms with Crippen molar-refractivity contribution in [2.24, 2.45) is 23.7 Å². The fraction of sp³-hybridized carbons (Fsp3) is 0.231. The number of methoxy groups -OCH3 is 1. The minimum Gasteiger partial charge on any atom is -0.503 e. The quantitative estimate of drug-likeness (QED) is 0.0863. The molecule has 1 saturated carbocycles. The van der Waals surface area contributed by atoms with E-state index in [1.807, 2.05) is 6.08 Å². The number of aromatic hydroxyl groups is 1. The summed E-state index contributed by atoms with van der Waals surface area (Å²) in [6, 6.07) is 20.3. The van der Waals surface area contributed by atoms with Crippen LogP contribution in [-0.2, 0) is 24.6 Å². The van der Waals surface area contributed by atoms with Crippen LogP contribution in [0.2, 0.25) is 5.02 Å². The summed E-state index contributed by atoms with van der Waals surface area (Å²) in [6.45, 7) is 0. The highest BCUT2D eigenvalue weighted by Crippen LogP contribution is 2.65. The number of ether oxygens (including phenoxy) is 1. The number of nitrogens with one attached hydrogen (secondary N) is 1. The molecule has 2 heterocycles. The molecule has 274 valence electrons. The van der Waals surface area contributed by atoms with Gasteiger partial charge in [-0.3, -0.25) is 34.7 Å². The van der Waals surface area contributed by atoms with Crippen molar-refractivity contribution in [3.05, 3.63) is 133 Å². The van der Waals surface area contributed by atoms with Gasteiger partial charge in [-0.25, -0.2) is 9.29 Å². The summed E-state index contributed by atoms with van der Waals surface area (Å²) in [4.78, 5) is 70.6. The third-order valence-corrected chi connectivity index (χ3v) is 12.0. The number of hydrazine groups is 1. The van der Waals surface area contributed by atoms with E-state index in [1.54, 1.807) is 36.4 Å². The first kappa shape index (κ1) is 35.4. The molecule has 0 radical (unpaired) electrons. The zero-order valence-corrected chi connectivity index (χ0v) is 30.6. The van der Waals surface area contributed by atoms with E-state index in [2.05, 4.69) is 21.4 Å². The predicted octanol–water partition coefficient (Wildman–Crippen LogP) is 7.05. The maximum absolute atomic E-state index is 15.3. The van der Waals surface area contributed by atoms with Gasteiger partial charge in [0.05, 0.1) is 51.0 Å². The SMILES string of the molecule is COc1cc([C@H]2C3=CC[C@@H]4C(=O)N(c5cccc([N+](=O)[O-])c5)C(=O)[C@@H]4[C@@H]3C[C@H]3C(=O)N(Nc4ccc(F)cc4)C(=O)[C@@]23c2ccc(Cl)cc2)cc(Br)c1O. The lowest BCUT2D eigenvalue weighted by atomic mass is 9.49. The molecule has 2 saturated heterocycles. The van der Waals surface area contributed by atoms with E-state index in [1.165, 1.54) is 55.6 Å². The molecule has 0 spiro atoms. The van der Waals surface area contributed by atoms with Gasteiger partial charge in [0.15, 0.2) is 11.5 Å². The average molecular weight is 816 g/mol. The van der Waals surface area contributed by atoms with Crippen LogP contribution < -0.4 is 15.1 Å². The van der Waals surface area contributed by atoms with Gasteiger partial charge in [0.2, 0.25) is 11.8 Å². The van der Waals surface area contributed by atoms with Gasteiger partial charge in [0.1, 0.15) is 5.82 Å². The van der Waals surface area contributed by atoms with Crippen molar-refractivity contribution in [3.8, 4) is 11.5 Å². The Morgan fingerprint density at radius 3 is 2.39 bits per heavy atom. The third kappa shape index (κ3) is 5.22. The number of hydrogen-bond acceptors (Lipinski definition) is 9. The maximum atomic E-state index is 15.3. The standard InChI is InChI=1S/C39H29BrClFN4O8/c1-54-31-16-19(15-30(40)34(31)47)33-26-13-14-27-32(37(50)44(35(27)48)24-3-2-4-25(17-24)46(52)53)28(26)18-29-36(49)45(43-23-11-9-22(42)10-12-23)38(51)39(29,33)20-5-7-21(41)8-6-20/h2-13,15-17,27-29,32-33,43,47H,14,18H2,1H3/t27-,28+,29-,32-,33-,39+/m0/s1. The van der Waals surface area contributed by atoms with Crippen molar-refractivity contribution in [1.29, 1.82) is 0 Å². The fourth-order valence-corrected chi connectivity index (χ4v) is 9.53. The smallest absolute Gasteiger partial charge is 0.271 e. The monoisotopic (exact) mass is 814 g/mol. The van der Waals surface area contributed by atoms with Crippen molar-refractivity contribution in [1.82, 2.24) is 5.01 Å². The number of amides is 4. The fourth-order valence-electron chi connectivity index (χ4n) is 8.95. The summed E-state index contributed by atoms with van der Waals surface area (Å²) in [7, 11) is 1.38. The highest BCUT2D eigenvalue weighted by molar-refractivity contribution is 9.10. The summed E-state index contributed by atoms with van der Waals surface area (Å²) in [5.41, 5.74) is 2.85. The number of halogens is 3. The van der Waals surface area contributed by atoms with Crippen molar-refractivity contribution in [2.75, 3.05) is 17.4 Å². The molecule has 54 heavy (non-hydrogen) atoms. The lowest BCUT2D eigenvalue weighted by Gasteiger charge is -2.50. The number of hydrogen-bond donors (Lipinski definition) is 2. The number of phenols is 1. The molecule has 0 aromatic heterocycles. The molecule has 2 N–H and O–H groups in total. The highest BCUT2D eigenvalue weighted by atomic mass is 79.9. The maximum Gasteiger partial charge on any atom is 0.271 e. The molecule has 2 aliphatic heterocycles. The van der Waals surface area contributed by atoms with E-state index < -0.39 is 69.4 Å². The number of carbonyl (C=O) groups excluding carboxylic acids is 4. The van der Waals surface area contributed by atoms with Crippen LogP contribution in [0.5, 0.6) is 11.5 Å². The Kier molecular flexibility index (Phi) is 8.57. The van der Waals surface area contributed by atoms with E-state index >= 15 is 4.79 Å². The Hall–Kier alpha value is -5.60. The number of allylic oxidation sites excluding steroid dienone is 2. The van der Waals surface area contributed by atoms with Gasteiger partial charge < -0.3 is 9.84 Å². The van der Waals surface area contributed by atoms with Crippen LogP contribution in [0, 0.1) is 39.6 Å². The molecule has 2 aliphatic carbocycles. The number of rotatable bonds is 7. The second kappa shape index (κ2) is 13.1. The molecule has 4 aromatic rings. The number of nitro groups is 1. The molecule has 12 nitrogen and oxygen atoms in total. The van der Waals surface area contributed by atoms with Gasteiger partial charge in [-0.1, -0.05) is 41.4 Å². The summed E-state index contributed by atoms with van der Waals surface area (Å²) in [6.07, 6.45) is 1.95. The minimum absolute atomic E-state index is 0.0174. The molecular weight excluding hydrogens is 787 g/mol. The molecule has 6 atom stereocenters. The number of fused-ring (bicyclic) bond motifs is 4. The third-order valence-electron chi connectivity index (χ3n) is 11.2. The van der Waals surface area contributed by atoms with Crippen molar-refractivity contribution in [3.63, 3.8) is 0 Å². The van der Waals surface area contributed by atoms with Crippen LogP contribution in [0.4, 0.5) is 21.5 Å². The van der Waals surface area contributed by atoms with Crippen LogP contribution >= 0.6 is 27.5 Å². The molecule has 15 heteroatoms. The van der Waals surface area contributed by atoms with Crippen molar-refractivity contribution < 1.29 is 38.3 Å². The largest absolute Gasteiger partial charge is 0.503 e. The summed E-state index contributed by atoms with van der Waals surface area (Å²) in [5.74, 6) is -7.55. The molecule has 4 aliphatic rings. The normalized spacial score (nSPS) is 25.9. The van der Waals surface area contributed by atoms with Gasteiger partial charge >= 0.3 is 0 Å². The Morgan fingerprint density at radius 2 is 1.70 bits per heavy atom. The van der Waals surface area contributed by atoms with Crippen molar-refractivity contribution in [2.45, 2.75) is 24.2 Å². The van der Waals surface area contributed by atoms with E-state index in [4.69, 9.17) is 16.3 Å². The Labute approximate surface area is 320 Å². The Bertz CT molecular complexity index is 2320. The van der Waals surface area contributed by atoms with Gasteiger partial charge in [-0.2, -0.15) is 5.01 Å². The second-order valence-electron chi connectivity index (χ2n) is 13.7. The number of anilines is 2. The number of nitro benzene ring substituents is 1. The highest BCUT2D eigenvalue weighted by Gasteiger charge is 2.70. The van der Waals surface area contributed by atoms with Gasteiger partial charge in [0.25, 0.3) is 17.5 Å². The number of carbonyl (C=O) groups is 4. The minimum atomic E-state index is -1.66. The van der Waals surface area contributed by atoms with E-state index in [0.717, 1.165) is 9.91 Å². The Balaban J connectivity index is 1.34. The Morgan fingerprint density at radius 1 is 0.981 bits per heavy atom. The molecule has 0 unspecified atom stereocenters. The van der Waals surface area contributed by atoms with Gasteiger partial charge in [-0.05, 0) is 100 Å².